The van der Waals surface area contributed by atoms with Crippen LogP contribution in [-0.2, 0) is 10.0 Å². The number of aryl methyl sites for hydroxylation is 3. The van der Waals surface area contributed by atoms with E-state index in [4.69, 9.17) is 0 Å². The third-order valence-corrected chi connectivity index (χ3v) is 7.05. The lowest BCUT2D eigenvalue weighted by Gasteiger charge is -2.09. The summed E-state index contributed by atoms with van der Waals surface area (Å²) in [7, 11) is -3.82. The predicted octanol–water partition coefficient (Wildman–Crippen LogP) is 4.11. The van der Waals surface area contributed by atoms with Crippen LogP contribution in [0.4, 0.5) is 16.8 Å². The maximum atomic E-state index is 12.7. The summed E-state index contributed by atoms with van der Waals surface area (Å²) in [5.74, 6) is 0.669. The summed E-state index contributed by atoms with van der Waals surface area (Å²) >= 11 is 1.44. The van der Waals surface area contributed by atoms with Crippen molar-refractivity contribution < 1.29 is 8.42 Å². The largest absolute Gasteiger partial charge is 0.332 e. The molecule has 5 aromatic rings. The molecule has 4 heterocycles. The first-order valence-corrected chi connectivity index (χ1v) is 12.6. The van der Waals surface area contributed by atoms with Gasteiger partial charge in [-0.2, -0.15) is 0 Å². The van der Waals surface area contributed by atoms with E-state index in [1.165, 1.54) is 23.5 Å². The Morgan fingerprint density at radius 3 is 2.44 bits per heavy atom. The maximum absolute atomic E-state index is 12.7. The molecule has 0 radical (unpaired) electrons. The molecular formula is C22H20N8O2S2. The lowest BCUT2D eigenvalue weighted by atomic mass is 10.3. The third kappa shape index (κ3) is 4.32. The number of aromatic nitrogens is 6. The van der Waals surface area contributed by atoms with Crippen LogP contribution >= 0.6 is 11.3 Å². The first-order valence-electron chi connectivity index (χ1n) is 10.3. The minimum Gasteiger partial charge on any atom is -0.332 e. The number of hydrogen-bond acceptors (Lipinski definition) is 9. The molecule has 0 bridgehead atoms. The van der Waals surface area contributed by atoms with Crippen LogP contribution in [0.15, 0.2) is 59.1 Å². The summed E-state index contributed by atoms with van der Waals surface area (Å²) in [6.45, 7) is 5.49. The van der Waals surface area contributed by atoms with Crippen molar-refractivity contribution in [3.05, 3.63) is 71.3 Å². The van der Waals surface area contributed by atoms with Gasteiger partial charge in [0.15, 0.2) is 5.13 Å². The van der Waals surface area contributed by atoms with Gasteiger partial charge >= 0.3 is 0 Å². The fraction of sp³-hybridized carbons (Fsp3) is 0.136. The number of nitrogens with one attached hydrogen (secondary N) is 2. The van der Waals surface area contributed by atoms with Crippen molar-refractivity contribution in [1.29, 1.82) is 0 Å². The lowest BCUT2D eigenvalue weighted by molar-refractivity contribution is 0.601. The Kier molecular flexibility index (Phi) is 5.46. The Morgan fingerprint density at radius 1 is 0.971 bits per heavy atom. The van der Waals surface area contributed by atoms with E-state index < -0.39 is 10.0 Å². The van der Waals surface area contributed by atoms with Gasteiger partial charge in [-0.05, 0) is 57.2 Å². The highest BCUT2D eigenvalue weighted by molar-refractivity contribution is 7.92. The molecule has 172 valence electrons. The highest BCUT2D eigenvalue weighted by atomic mass is 32.2. The Bertz CT molecular complexity index is 1590. The van der Waals surface area contributed by atoms with Gasteiger partial charge in [-0.25, -0.2) is 38.1 Å². The van der Waals surface area contributed by atoms with Crippen molar-refractivity contribution in [2.45, 2.75) is 25.7 Å². The molecule has 1 aromatic carbocycles. The lowest BCUT2D eigenvalue weighted by Crippen LogP contribution is -2.15. The summed E-state index contributed by atoms with van der Waals surface area (Å²) in [6.07, 6.45) is 3.61. The van der Waals surface area contributed by atoms with Gasteiger partial charge in [-0.3, -0.25) is 4.40 Å². The monoisotopic (exact) mass is 492 g/mol. The molecule has 0 aliphatic rings. The summed E-state index contributed by atoms with van der Waals surface area (Å²) in [5, 5.41) is 5.83. The van der Waals surface area contributed by atoms with E-state index in [1.54, 1.807) is 38.2 Å². The molecule has 0 spiro atoms. The minimum absolute atomic E-state index is 0.0490. The van der Waals surface area contributed by atoms with Crippen molar-refractivity contribution >= 4 is 43.9 Å². The average Bonchev–Trinajstić information content (AvgIpc) is 3.35. The van der Waals surface area contributed by atoms with Gasteiger partial charge in [0.2, 0.25) is 11.7 Å². The molecule has 0 saturated heterocycles. The quantitative estimate of drug-likeness (QED) is 0.362. The average molecular weight is 493 g/mol. The first-order chi connectivity index (χ1) is 16.3. The van der Waals surface area contributed by atoms with Crippen molar-refractivity contribution in [1.82, 2.24) is 29.3 Å². The first kappa shape index (κ1) is 21.9. The Hall–Kier alpha value is -3.90. The molecule has 2 N–H and O–H groups in total. The molecule has 0 aliphatic heterocycles. The molecule has 34 heavy (non-hydrogen) atoms. The highest BCUT2D eigenvalue weighted by Crippen LogP contribution is 2.29. The van der Waals surface area contributed by atoms with E-state index >= 15 is 0 Å². The normalized spacial score (nSPS) is 11.6. The second-order valence-electron chi connectivity index (χ2n) is 7.60. The molecule has 0 atom stereocenters. The van der Waals surface area contributed by atoms with Crippen LogP contribution in [0.3, 0.4) is 0 Å². The third-order valence-electron chi connectivity index (χ3n) is 4.95. The molecule has 10 nitrogen and oxygen atoms in total. The van der Waals surface area contributed by atoms with E-state index in [1.807, 2.05) is 29.0 Å². The molecule has 0 fully saturated rings. The minimum atomic E-state index is -3.82. The van der Waals surface area contributed by atoms with Gasteiger partial charge < -0.3 is 5.32 Å². The molecule has 4 aromatic heterocycles. The van der Waals surface area contributed by atoms with Crippen LogP contribution in [0.2, 0.25) is 0 Å². The second-order valence-corrected chi connectivity index (χ2v) is 10.1. The van der Waals surface area contributed by atoms with Gasteiger partial charge in [-0.1, -0.05) is 0 Å². The van der Waals surface area contributed by atoms with Crippen LogP contribution in [0.25, 0.3) is 17.2 Å². The number of anilines is 3. The van der Waals surface area contributed by atoms with E-state index in [2.05, 4.69) is 35.0 Å². The fourth-order valence-electron chi connectivity index (χ4n) is 3.54. The highest BCUT2D eigenvalue weighted by Gasteiger charge is 2.17. The topological polar surface area (TPSA) is 127 Å². The van der Waals surface area contributed by atoms with Gasteiger partial charge in [-0.15, -0.1) is 11.3 Å². The molecule has 0 unspecified atom stereocenters. The van der Waals surface area contributed by atoms with Gasteiger partial charge in [0.05, 0.1) is 16.3 Å². The Labute approximate surface area is 199 Å². The van der Waals surface area contributed by atoms with E-state index in [9.17, 15) is 8.42 Å². The summed E-state index contributed by atoms with van der Waals surface area (Å²) in [4.78, 5) is 21.8. The zero-order valence-electron chi connectivity index (χ0n) is 18.5. The van der Waals surface area contributed by atoms with Crippen LogP contribution < -0.4 is 10.0 Å². The number of nitrogens with zero attached hydrogens (tertiary/aromatic N) is 6. The molecule has 0 amide bonds. The fourth-order valence-corrected chi connectivity index (χ4v) is 5.20. The van der Waals surface area contributed by atoms with Crippen molar-refractivity contribution in [2.24, 2.45) is 0 Å². The molecular weight excluding hydrogens is 472 g/mol. The number of sulfonamides is 1. The SMILES string of the molecule is Cc1cc(C)nc(NS(=O)(=O)c2ccc(Nc3nc(-c4c(C)nc5ncccn45)cs3)cc2)n1. The maximum Gasteiger partial charge on any atom is 0.264 e. The predicted molar refractivity (Wildman–Crippen MR) is 131 cm³/mol. The molecule has 12 heteroatoms. The number of rotatable bonds is 6. The molecule has 0 saturated carbocycles. The molecule has 5 rings (SSSR count). The zero-order chi connectivity index (χ0) is 23.9. The number of fused-ring (bicyclic) bond motifs is 1. The van der Waals surface area contributed by atoms with Crippen LogP contribution in [0.1, 0.15) is 17.1 Å². The molecule has 0 aliphatic carbocycles. The number of imidazole rings is 1. The summed E-state index contributed by atoms with van der Waals surface area (Å²) < 4.78 is 29.8. The van der Waals surface area contributed by atoms with E-state index in [0.717, 1.165) is 17.1 Å². The smallest absolute Gasteiger partial charge is 0.264 e. The summed E-state index contributed by atoms with van der Waals surface area (Å²) in [6, 6.07) is 10.0. The Morgan fingerprint density at radius 2 is 1.71 bits per heavy atom. The number of hydrogen-bond donors (Lipinski definition) is 2. The van der Waals surface area contributed by atoms with Gasteiger partial charge in [0, 0.05) is 34.8 Å². The van der Waals surface area contributed by atoms with Crippen LogP contribution in [0.5, 0.6) is 0 Å². The van der Waals surface area contributed by atoms with Crippen molar-refractivity contribution in [3.63, 3.8) is 0 Å². The van der Waals surface area contributed by atoms with Crippen molar-refractivity contribution in [2.75, 3.05) is 10.0 Å². The second kappa shape index (κ2) is 8.47. The van der Waals surface area contributed by atoms with Gasteiger partial charge in [0.25, 0.3) is 10.0 Å². The van der Waals surface area contributed by atoms with Crippen LogP contribution in [-0.4, -0.2) is 37.7 Å². The van der Waals surface area contributed by atoms with Gasteiger partial charge in [0.1, 0.15) is 5.69 Å². The Balaban J connectivity index is 1.34. The van der Waals surface area contributed by atoms with Crippen LogP contribution in [0, 0.1) is 20.8 Å². The number of thiazole rings is 1. The number of benzene rings is 1. The standard InChI is InChI=1S/C22H20N8O2S2/c1-13-11-14(2)25-20(24-13)29-34(31,32)17-7-5-16(6-8-17)27-22-28-18(12-33-22)19-15(3)26-21-23-9-4-10-30(19)21/h4-12H,1-3H3,(H,27,28)(H,24,25,29). The van der Waals surface area contributed by atoms with E-state index in [-0.39, 0.29) is 10.8 Å². The summed E-state index contributed by atoms with van der Waals surface area (Å²) in [5.41, 5.74) is 4.58. The van der Waals surface area contributed by atoms with Crippen molar-refractivity contribution in [3.8, 4) is 11.4 Å². The zero-order valence-corrected chi connectivity index (χ0v) is 20.1. The van der Waals surface area contributed by atoms with E-state index in [0.29, 0.717) is 28.0 Å².